The van der Waals surface area contributed by atoms with Crippen LogP contribution >= 0.6 is 15.9 Å². The number of hydrogen-bond acceptors (Lipinski definition) is 5. The predicted molar refractivity (Wildman–Crippen MR) is 126 cm³/mol. The first-order chi connectivity index (χ1) is 15.6. The van der Waals surface area contributed by atoms with Crippen LogP contribution in [-0.2, 0) is 13.0 Å². The molecule has 162 valence electrons. The number of benzene rings is 3. The Morgan fingerprint density at radius 2 is 1.91 bits per heavy atom. The normalized spacial score (nSPS) is 16.3. The van der Waals surface area contributed by atoms with E-state index in [-0.39, 0.29) is 5.78 Å². The van der Waals surface area contributed by atoms with Crippen molar-refractivity contribution in [3.05, 3.63) is 93.1 Å². The maximum absolute atomic E-state index is 13.0. The van der Waals surface area contributed by atoms with E-state index in [0.29, 0.717) is 30.3 Å². The van der Waals surface area contributed by atoms with Gasteiger partial charge >= 0.3 is 0 Å². The summed E-state index contributed by atoms with van der Waals surface area (Å²) in [4.78, 5) is 15.2. The number of carbonyl (C=O) groups excluding carboxylic acids is 1. The standard InChI is InChI=1S/C26H22BrNO4/c1-30-19-8-6-17(7-9-19)12-13-28-15-21-23(31-16-28)11-10-20-25(29)24(32-26(20)21)14-18-4-2-3-5-22(18)27/h2-11,14H,12-13,15-16H2,1H3/b24-14-. The van der Waals surface area contributed by atoms with Crippen LogP contribution in [-0.4, -0.2) is 31.1 Å². The fraction of sp³-hybridized carbons (Fsp3) is 0.192. The molecule has 3 aromatic rings. The van der Waals surface area contributed by atoms with Crippen molar-refractivity contribution in [2.45, 2.75) is 13.0 Å². The van der Waals surface area contributed by atoms with E-state index in [1.54, 1.807) is 19.3 Å². The number of allylic oxidation sites excluding steroid dienone is 1. The first-order valence-corrected chi connectivity index (χ1v) is 11.2. The third kappa shape index (κ3) is 4.04. The van der Waals surface area contributed by atoms with Crippen molar-refractivity contribution >= 4 is 27.8 Å². The van der Waals surface area contributed by atoms with Crippen molar-refractivity contribution in [3.8, 4) is 17.2 Å². The van der Waals surface area contributed by atoms with Crippen LogP contribution in [0.5, 0.6) is 17.2 Å². The summed E-state index contributed by atoms with van der Waals surface area (Å²) in [5.74, 6) is 2.47. The highest BCUT2D eigenvalue weighted by Gasteiger charge is 2.33. The number of Topliss-reactive ketones (excluding diaryl/α,β-unsaturated/α-hetero) is 1. The predicted octanol–water partition coefficient (Wildman–Crippen LogP) is 5.47. The number of ether oxygens (including phenoxy) is 3. The summed E-state index contributed by atoms with van der Waals surface area (Å²) in [5, 5.41) is 0. The Bertz CT molecular complexity index is 1200. The lowest BCUT2D eigenvalue weighted by Gasteiger charge is -2.29. The van der Waals surface area contributed by atoms with Gasteiger partial charge in [-0.05, 0) is 54.0 Å². The van der Waals surface area contributed by atoms with Gasteiger partial charge in [-0.3, -0.25) is 9.69 Å². The van der Waals surface area contributed by atoms with Gasteiger partial charge in [-0.15, -0.1) is 0 Å². The number of hydrogen-bond donors (Lipinski definition) is 0. The van der Waals surface area contributed by atoms with Crippen molar-refractivity contribution in [2.75, 3.05) is 20.4 Å². The molecule has 0 aliphatic carbocycles. The molecule has 2 aliphatic heterocycles. The van der Waals surface area contributed by atoms with E-state index in [1.807, 2.05) is 42.5 Å². The molecule has 0 fully saturated rings. The average Bonchev–Trinajstić information content (AvgIpc) is 3.15. The average molecular weight is 492 g/mol. The van der Waals surface area contributed by atoms with Crippen LogP contribution in [0.25, 0.3) is 6.08 Å². The Morgan fingerprint density at radius 1 is 1.09 bits per heavy atom. The summed E-state index contributed by atoms with van der Waals surface area (Å²) >= 11 is 3.53. The molecule has 6 heteroatoms. The first kappa shape index (κ1) is 20.8. The van der Waals surface area contributed by atoms with E-state index in [9.17, 15) is 4.79 Å². The van der Waals surface area contributed by atoms with Gasteiger partial charge < -0.3 is 14.2 Å². The second kappa shape index (κ2) is 8.81. The molecule has 0 saturated carbocycles. The lowest BCUT2D eigenvalue weighted by molar-refractivity contribution is 0.0949. The smallest absolute Gasteiger partial charge is 0.231 e. The number of methoxy groups -OCH3 is 1. The Morgan fingerprint density at radius 3 is 2.69 bits per heavy atom. The van der Waals surface area contributed by atoms with Gasteiger partial charge in [0.15, 0.2) is 5.76 Å². The molecule has 5 rings (SSSR count). The lowest BCUT2D eigenvalue weighted by Crippen LogP contribution is -2.33. The Balaban J connectivity index is 1.34. The van der Waals surface area contributed by atoms with Gasteiger partial charge in [-0.2, -0.15) is 0 Å². The summed E-state index contributed by atoms with van der Waals surface area (Å²) in [5.41, 5.74) is 3.64. The molecule has 0 amide bonds. The highest BCUT2D eigenvalue weighted by Crippen LogP contribution is 2.42. The third-order valence-electron chi connectivity index (χ3n) is 5.75. The summed E-state index contributed by atoms with van der Waals surface area (Å²) in [6.45, 7) is 2.02. The summed E-state index contributed by atoms with van der Waals surface area (Å²) in [6.07, 6.45) is 2.68. The Kier molecular flexibility index (Phi) is 5.72. The summed E-state index contributed by atoms with van der Waals surface area (Å²) < 4.78 is 18.2. The van der Waals surface area contributed by atoms with E-state index in [4.69, 9.17) is 14.2 Å². The molecule has 3 aromatic carbocycles. The van der Waals surface area contributed by atoms with Gasteiger partial charge in [0.1, 0.15) is 24.0 Å². The number of ketones is 1. The zero-order chi connectivity index (χ0) is 22.1. The van der Waals surface area contributed by atoms with E-state index < -0.39 is 0 Å². The number of fused-ring (bicyclic) bond motifs is 3. The molecule has 0 radical (unpaired) electrons. The largest absolute Gasteiger partial charge is 0.497 e. The number of carbonyl (C=O) groups is 1. The van der Waals surface area contributed by atoms with Crippen LogP contribution in [0.1, 0.15) is 27.0 Å². The number of halogens is 1. The van der Waals surface area contributed by atoms with Gasteiger partial charge in [-0.25, -0.2) is 0 Å². The van der Waals surface area contributed by atoms with Crippen molar-refractivity contribution in [2.24, 2.45) is 0 Å². The van der Waals surface area contributed by atoms with E-state index in [2.05, 4.69) is 33.0 Å². The van der Waals surface area contributed by atoms with Gasteiger partial charge in [0.25, 0.3) is 0 Å². The van der Waals surface area contributed by atoms with Crippen molar-refractivity contribution in [1.82, 2.24) is 4.90 Å². The quantitative estimate of drug-likeness (QED) is 0.443. The Hall–Kier alpha value is -3.09. The zero-order valence-electron chi connectivity index (χ0n) is 17.6. The fourth-order valence-corrected chi connectivity index (χ4v) is 4.36. The second-order valence-electron chi connectivity index (χ2n) is 7.80. The highest BCUT2D eigenvalue weighted by molar-refractivity contribution is 9.10. The molecule has 0 atom stereocenters. The minimum atomic E-state index is -0.103. The van der Waals surface area contributed by atoms with Gasteiger partial charge in [0, 0.05) is 17.6 Å². The van der Waals surface area contributed by atoms with Gasteiger partial charge in [0.05, 0.1) is 18.2 Å². The molecular weight excluding hydrogens is 470 g/mol. The van der Waals surface area contributed by atoms with Crippen LogP contribution in [0.3, 0.4) is 0 Å². The van der Waals surface area contributed by atoms with Crippen LogP contribution in [0.2, 0.25) is 0 Å². The van der Waals surface area contributed by atoms with Crippen LogP contribution in [0, 0.1) is 0 Å². The molecule has 0 aromatic heterocycles. The maximum atomic E-state index is 13.0. The first-order valence-electron chi connectivity index (χ1n) is 10.4. The van der Waals surface area contributed by atoms with Crippen molar-refractivity contribution in [1.29, 1.82) is 0 Å². The molecule has 0 saturated heterocycles. The number of rotatable bonds is 5. The molecule has 0 bridgehead atoms. The van der Waals surface area contributed by atoms with Gasteiger partial charge in [-0.1, -0.05) is 46.3 Å². The minimum absolute atomic E-state index is 0.103. The van der Waals surface area contributed by atoms with Crippen molar-refractivity contribution < 1.29 is 19.0 Å². The molecule has 0 unspecified atom stereocenters. The second-order valence-corrected chi connectivity index (χ2v) is 8.66. The Labute approximate surface area is 195 Å². The molecule has 0 N–H and O–H groups in total. The lowest BCUT2D eigenvalue weighted by atomic mass is 10.0. The molecule has 2 heterocycles. The monoisotopic (exact) mass is 491 g/mol. The maximum Gasteiger partial charge on any atom is 0.231 e. The summed E-state index contributed by atoms with van der Waals surface area (Å²) in [6, 6.07) is 19.5. The SMILES string of the molecule is COc1ccc(CCN2COc3ccc4c(c3C2)O/C(=C\c2ccccc2Br)C4=O)cc1. The van der Waals surface area contributed by atoms with Crippen LogP contribution in [0.15, 0.2) is 70.9 Å². The molecule has 2 aliphatic rings. The third-order valence-corrected chi connectivity index (χ3v) is 6.47. The topological polar surface area (TPSA) is 48.0 Å². The number of nitrogens with zero attached hydrogens (tertiary/aromatic N) is 1. The van der Waals surface area contributed by atoms with Crippen LogP contribution < -0.4 is 14.2 Å². The fourth-order valence-electron chi connectivity index (χ4n) is 3.96. The minimum Gasteiger partial charge on any atom is -0.497 e. The summed E-state index contributed by atoms with van der Waals surface area (Å²) in [7, 11) is 1.67. The molecular formula is C26H22BrNO4. The molecule has 5 nitrogen and oxygen atoms in total. The van der Waals surface area contributed by atoms with Crippen LogP contribution in [0.4, 0.5) is 0 Å². The highest BCUT2D eigenvalue weighted by atomic mass is 79.9. The zero-order valence-corrected chi connectivity index (χ0v) is 19.2. The molecule has 32 heavy (non-hydrogen) atoms. The van der Waals surface area contributed by atoms with Gasteiger partial charge in [0.2, 0.25) is 5.78 Å². The van der Waals surface area contributed by atoms with E-state index in [1.165, 1.54) is 5.56 Å². The molecule has 0 spiro atoms. The van der Waals surface area contributed by atoms with Crippen molar-refractivity contribution in [3.63, 3.8) is 0 Å². The van der Waals surface area contributed by atoms with E-state index in [0.717, 1.165) is 40.1 Å². The van der Waals surface area contributed by atoms with E-state index >= 15 is 0 Å².